The van der Waals surface area contributed by atoms with E-state index in [2.05, 4.69) is 65.0 Å². The van der Waals surface area contributed by atoms with Crippen molar-refractivity contribution in [3.63, 3.8) is 0 Å². The fourth-order valence-corrected chi connectivity index (χ4v) is 4.96. The van der Waals surface area contributed by atoms with Crippen molar-refractivity contribution in [2.75, 3.05) is 0 Å². The van der Waals surface area contributed by atoms with Gasteiger partial charge in [0.25, 0.3) is 0 Å². The molecule has 1 unspecified atom stereocenters. The van der Waals surface area contributed by atoms with Gasteiger partial charge in [0.2, 0.25) is 0 Å². The van der Waals surface area contributed by atoms with Gasteiger partial charge in [-0.3, -0.25) is 0 Å². The molecular weight excluding hydrogens is 499 g/mol. The van der Waals surface area contributed by atoms with Crippen molar-refractivity contribution in [3.05, 3.63) is 74.4 Å². The van der Waals surface area contributed by atoms with Crippen LogP contribution in [0.1, 0.15) is 23.5 Å². The molecule has 109 valence electrons. The van der Waals surface area contributed by atoms with Crippen LogP contribution in [0.2, 0.25) is 0 Å². The minimum absolute atomic E-state index is 0. The third-order valence-corrected chi connectivity index (χ3v) is 6.45. The summed E-state index contributed by atoms with van der Waals surface area (Å²) in [5, 5.41) is 0. The summed E-state index contributed by atoms with van der Waals surface area (Å²) in [5.74, 6) is 4.87. The molecule has 0 saturated heterocycles. The topological polar surface area (TPSA) is 4.93 Å². The first-order valence-electron chi connectivity index (χ1n) is 6.74. The van der Waals surface area contributed by atoms with Crippen molar-refractivity contribution in [3.8, 4) is 0 Å². The summed E-state index contributed by atoms with van der Waals surface area (Å²) in [5.41, 5.74) is 5.78. The molecule has 0 aliphatic heterocycles. The van der Waals surface area contributed by atoms with E-state index in [9.17, 15) is 0 Å². The van der Waals surface area contributed by atoms with E-state index in [-0.39, 0.29) is 24.8 Å². The van der Waals surface area contributed by atoms with Crippen LogP contribution in [-0.2, 0) is 24.4 Å². The molecule has 2 aliphatic carbocycles. The summed E-state index contributed by atoms with van der Waals surface area (Å²) in [6.45, 7) is 0. The van der Waals surface area contributed by atoms with Crippen LogP contribution in [0, 0.1) is 0 Å². The summed E-state index contributed by atoms with van der Waals surface area (Å²) in [6, 6.07) is 8.82. The van der Waals surface area contributed by atoms with Crippen LogP contribution in [0.4, 0.5) is 0 Å². The molecule has 0 fully saturated rings. The molecule has 1 nitrogen and oxygen atoms in total. The van der Waals surface area contributed by atoms with Gasteiger partial charge in [-0.05, 0) is 0 Å². The van der Waals surface area contributed by atoms with Crippen molar-refractivity contribution >= 4 is 20.0 Å². The van der Waals surface area contributed by atoms with Crippen LogP contribution in [0.25, 0.3) is 11.8 Å². The second kappa shape index (κ2) is 7.45. The Kier molecular flexibility index (Phi) is 6.07. The molecule has 1 atom stereocenters. The van der Waals surface area contributed by atoms with Crippen molar-refractivity contribution in [1.29, 1.82) is 0 Å². The Hall–Kier alpha value is -0.400. The molecular formula is C17H13Cl2HfNP. The summed E-state index contributed by atoms with van der Waals surface area (Å²) in [7, 11) is 1.28. The van der Waals surface area contributed by atoms with Crippen molar-refractivity contribution in [2.45, 2.75) is 12.3 Å². The van der Waals surface area contributed by atoms with Gasteiger partial charge in [-0.1, -0.05) is 0 Å². The number of rotatable bonds is 2. The molecule has 0 spiro atoms. The van der Waals surface area contributed by atoms with Gasteiger partial charge in [0.1, 0.15) is 0 Å². The SMILES string of the molecule is [Cl-].[Cl-].[Hf+2][C]1=C(C2C(n3ccpc3)=Cc3ccccc32)C=CC1. The third-order valence-electron chi connectivity index (χ3n) is 3.99. The van der Waals surface area contributed by atoms with Crippen LogP contribution in [0.5, 0.6) is 0 Å². The first-order chi connectivity index (χ1) is 9.84. The molecule has 1 heterocycles. The maximum absolute atomic E-state index is 2.36. The van der Waals surface area contributed by atoms with Gasteiger partial charge in [0.05, 0.1) is 0 Å². The maximum atomic E-state index is 2.36. The van der Waals surface area contributed by atoms with Crippen molar-refractivity contribution in [1.82, 2.24) is 4.57 Å². The van der Waals surface area contributed by atoms with E-state index in [1.54, 1.807) is 8.90 Å². The number of nitrogens with zero attached hydrogens (tertiary/aromatic N) is 1. The summed E-state index contributed by atoms with van der Waals surface area (Å²) in [4.78, 5) is 0. The number of hydrogen-bond acceptors (Lipinski definition) is 0. The molecule has 1 aromatic carbocycles. The molecule has 5 heteroatoms. The standard InChI is InChI=1S/C17H13NP.2ClH.Hf/c1-2-6-13(5-1)17-15-8-4-3-7-14(15)11-16(17)18-9-10-19-12-18;;;/h1,3-5,7-12,17H,2H2;2*1H;/q;;;+2/p-2. The predicted octanol–water partition coefficient (Wildman–Crippen LogP) is -1.07. The Morgan fingerprint density at radius 2 is 2.00 bits per heavy atom. The van der Waals surface area contributed by atoms with E-state index in [1.807, 2.05) is 0 Å². The molecule has 2 aliphatic rings. The van der Waals surface area contributed by atoms with Gasteiger partial charge < -0.3 is 24.8 Å². The number of halogens is 2. The van der Waals surface area contributed by atoms with E-state index < -0.39 is 0 Å². The van der Waals surface area contributed by atoms with Gasteiger partial charge in [0.15, 0.2) is 0 Å². The molecule has 0 amide bonds. The summed E-state index contributed by atoms with van der Waals surface area (Å²) >= 11 is 1.16. The van der Waals surface area contributed by atoms with Gasteiger partial charge in [0, 0.05) is 0 Å². The van der Waals surface area contributed by atoms with Gasteiger partial charge in [-0.15, -0.1) is 0 Å². The Balaban J connectivity index is 0.000000882. The van der Waals surface area contributed by atoms with Crippen LogP contribution in [0.15, 0.2) is 63.2 Å². The quantitative estimate of drug-likeness (QED) is 0.453. The Bertz CT molecular complexity index is 763. The zero-order valence-electron chi connectivity index (χ0n) is 11.7. The second-order valence-corrected chi connectivity index (χ2v) is 8.14. The van der Waals surface area contributed by atoms with Crippen LogP contribution < -0.4 is 24.8 Å². The van der Waals surface area contributed by atoms with Gasteiger partial charge in [-0.25, -0.2) is 0 Å². The number of allylic oxidation sites excluding steroid dienone is 5. The first-order valence-corrected chi connectivity index (χ1v) is 9.57. The normalized spacial score (nSPS) is 19.0. The Morgan fingerprint density at radius 3 is 2.68 bits per heavy atom. The average Bonchev–Trinajstić information content (AvgIpc) is 3.15. The van der Waals surface area contributed by atoms with Crippen molar-refractivity contribution < 1.29 is 49.2 Å². The molecule has 0 saturated carbocycles. The number of hydrogen-bond donors (Lipinski definition) is 0. The average molecular weight is 512 g/mol. The first kappa shape index (κ1) is 17.9. The molecule has 0 radical (unpaired) electrons. The molecule has 0 bridgehead atoms. The minimum atomic E-state index is 0. The monoisotopic (exact) mass is 512 g/mol. The van der Waals surface area contributed by atoms with Crippen molar-refractivity contribution in [2.24, 2.45) is 0 Å². The molecule has 22 heavy (non-hydrogen) atoms. The Morgan fingerprint density at radius 1 is 1.18 bits per heavy atom. The summed E-state index contributed by atoms with van der Waals surface area (Å²) < 4.78 is 3.94. The number of fused-ring (bicyclic) bond motifs is 1. The van der Waals surface area contributed by atoms with E-state index in [0.717, 1.165) is 30.8 Å². The third kappa shape index (κ3) is 2.99. The fourth-order valence-electron chi connectivity index (χ4n) is 3.06. The Labute approximate surface area is 159 Å². The summed E-state index contributed by atoms with van der Waals surface area (Å²) in [6.07, 6.45) is 10.4. The molecule has 0 N–H and O–H groups in total. The molecule has 2 aromatic rings. The van der Waals surface area contributed by atoms with E-state index in [0.29, 0.717) is 5.92 Å². The van der Waals surface area contributed by atoms with Crippen LogP contribution in [-0.4, -0.2) is 4.57 Å². The van der Waals surface area contributed by atoms with Gasteiger partial charge >= 0.3 is 136 Å². The van der Waals surface area contributed by atoms with Gasteiger partial charge in [-0.2, -0.15) is 0 Å². The van der Waals surface area contributed by atoms with Crippen LogP contribution >= 0.6 is 8.19 Å². The zero-order chi connectivity index (χ0) is 13.5. The molecule has 4 rings (SSSR count). The van der Waals surface area contributed by atoms with E-state index >= 15 is 0 Å². The number of aromatic nitrogens is 1. The number of benzene rings is 1. The molecule has 1 aromatic heterocycles. The van der Waals surface area contributed by atoms with E-state index in [4.69, 9.17) is 0 Å². The predicted molar refractivity (Wildman–Crippen MR) is 81.1 cm³/mol. The second-order valence-electron chi connectivity index (χ2n) is 5.14. The van der Waals surface area contributed by atoms with Crippen LogP contribution in [0.3, 0.4) is 0 Å². The zero-order valence-corrected chi connectivity index (χ0v) is 17.7. The van der Waals surface area contributed by atoms with E-state index in [1.165, 1.54) is 25.0 Å². The fraction of sp³-hybridized carbons (Fsp3) is 0.118.